The zero-order valence-electron chi connectivity index (χ0n) is 10.4. The zero-order valence-corrected chi connectivity index (χ0v) is 10.4. The summed E-state index contributed by atoms with van der Waals surface area (Å²) < 4.78 is 24.7. The average Bonchev–Trinajstić information content (AvgIpc) is 2.37. The number of pyridine rings is 1. The third kappa shape index (κ3) is 3.09. The normalized spacial score (nSPS) is 10.8. The number of anilines is 1. The number of hydrogen-bond donors (Lipinski definition) is 2. The largest absolute Gasteiger partial charge is 0.476 e. The minimum Gasteiger partial charge on any atom is -0.476 e. The van der Waals surface area contributed by atoms with Crippen molar-refractivity contribution in [1.29, 1.82) is 0 Å². The monoisotopic (exact) mass is 278 g/mol. The van der Waals surface area contributed by atoms with E-state index in [1.54, 1.807) is 24.3 Å². The Kier molecular flexibility index (Phi) is 3.93. The molecule has 2 aromatic rings. The fourth-order valence-corrected chi connectivity index (χ4v) is 1.87. The molecule has 0 atom stereocenters. The van der Waals surface area contributed by atoms with E-state index in [2.05, 4.69) is 4.98 Å². The Morgan fingerprint density at radius 1 is 1.30 bits per heavy atom. The average molecular weight is 278 g/mol. The van der Waals surface area contributed by atoms with Gasteiger partial charge in [-0.15, -0.1) is 0 Å². The molecule has 0 aliphatic heterocycles. The molecule has 0 amide bonds. The summed E-state index contributed by atoms with van der Waals surface area (Å²) in [5.41, 5.74) is 7.18. The van der Waals surface area contributed by atoms with E-state index < -0.39 is 12.4 Å². The molecule has 0 unspecified atom stereocenters. The number of aromatic nitrogens is 1. The summed E-state index contributed by atoms with van der Waals surface area (Å²) in [6, 6.07) is 8.08. The quantitative estimate of drug-likeness (QED) is 0.901. The van der Waals surface area contributed by atoms with E-state index in [0.29, 0.717) is 16.7 Å². The number of benzene rings is 1. The third-order valence-corrected chi connectivity index (χ3v) is 2.77. The van der Waals surface area contributed by atoms with Gasteiger partial charge in [-0.05, 0) is 17.2 Å². The van der Waals surface area contributed by atoms with Crippen LogP contribution in [0, 0.1) is 0 Å². The lowest BCUT2D eigenvalue weighted by atomic mass is 10.0. The first-order valence-electron chi connectivity index (χ1n) is 5.83. The Morgan fingerprint density at radius 3 is 2.65 bits per heavy atom. The van der Waals surface area contributed by atoms with Crippen molar-refractivity contribution in [3.8, 4) is 11.1 Å². The predicted octanol–water partition coefficient (Wildman–Crippen LogP) is 2.84. The highest BCUT2D eigenvalue weighted by Gasteiger charge is 2.11. The molecule has 2 rings (SSSR count). The van der Waals surface area contributed by atoms with Crippen molar-refractivity contribution >= 4 is 11.7 Å². The lowest BCUT2D eigenvalue weighted by Gasteiger charge is -2.07. The number of aromatic carboxylic acids is 1. The van der Waals surface area contributed by atoms with Gasteiger partial charge in [0.15, 0.2) is 5.69 Å². The van der Waals surface area contributed by atoms with Gasteiger partial charge in [-0.3, -0.25) is 0 Å². The van der Waals surface area contributed by atoms with Gasteiger partial charge in [0, 0.05) is 18.2 Å². The molecule has 3 N–H and O–H groups in total. The Labute approximate surface area is 113 Å². The number of hydrogen-bond acceptors (Lipinski definition) is 3. The molecular formula is C14H12F2N2O2. The lowest BCUT2D eigenvalue weighted by Crippen LogP contribution is -2.05. The van der Waals surface area contributed by atoms with Crippen LogP contribution in [-0.4, -0.2) is 22.5 Å². The summed E-state index contributed by atoms with van der Waals surface area (Å²) in [7, 11) is 0. The van der Waals surface area contributed by atoms with Gasteiger partial charge >= 0.3 is 5.97 Å². The first-order valence-corrected chi connectivity index (χ1v) is 5.83. The van der Waals surface area contributed by atoms with E-state index >= 15 is 0 Å². The first kappa shape index (κ1) is 13.9. The second-order valence-corrected chi connectivity index (χ2v) is 4.26. The van der Waals surface area contributed by atoms with Gasteiger partial charge in [-0.1, -0.05) is 24.3 Å². The number of rotatable bonds is 4. The molecule has 6 heteroatoms. The van der Waals surface area contributed by atoms with Gasteiger partial charge in [0.25, 0.3) is 0 Å². The molecule has 0 fully saturated rings. The number of nitrogens with two attached hydrogens (primary N) is 1. The number of alkyl halides is 2. The van der Waals surface area contributed by atoms with Crippen LogP contribution in [0.3, 0.4) is 0 Å². The van der Waals surface area contributed by atoms with Crippen LogP contribution in [0.1, 0.15) is 16.1 Å². The van der Waals surface area contributed by atoms with E-state index in [4.69, 9.17) is 10.8 Å². The highest BCUT2D eigenvalue weighted by molar-refractivity contribution is 5.92. The molecule has 4 nitrogen and oxygen atoms in total. The summed E-state index contributed by atoms with van der Waals surface area (Å²) in [6.07, 6.45) is -1.38. The lowest BCUT2D eigenvalue weighted by molar-refractivity contribution is 0.0691. The highest BCUT2D eigenvalue weighted by Crippen LogP contribution is 2.24. The molecule has 104 valence electrons. The van der Waals surface area contributed by atoms with Crippen LogP contribution >= 0.6 is 0 Å². The molecular weight excluding hydrogens is 266 g/mol. The van der Waals surface area contributed by atoms with Gasteiger partial charge < -0.3 is 10.8 Å². The Morgan fingerprint density at radius 2 is 2.05 bits per heavy atom. The molecule has 0 spiro atoms. The second kappa shape index (κ2) is 5.64. The number of carboxylic acid groups (broad SMARTS) is 1. The van der Waals surface area contributed by atoms with Crippen molar-refractivity contribution in [2.75, 3.05) is 5.73 Å². The third-order valence-electron chi connectivity index (χ3n) is 2.77. The van der Waals surface area contributed by atoms with Crippen LogP contribution in [0.2, 0.25) is 0 Å². The number of nitrogens with zero attached hydrogens (tertiary/aromatic N) is 1. The number of nitrogen functional groups attached to an aromatic ring is 1. The van der Waals surface area contributed by atoms with Crippen molar-refractivity contribution in [1.82, 2.24) is 4.98 Å². The topological polar surface area (TPSA) is 76.2 Å². The molecule has 0 bridgehead atoms. The minimum absolute atomic E-state index is 0.0364. The van der Waals surface area contributed by atoms with E-state index in [0.717, 1.165) is 0 Å². The van der Waals surface area contributed by atoms with Crippen molar-refractivity contribution < 1.29 is 18.7 Å². The molecule has 1 aromatic heterocycles. The highest BCUT2D eigenvalue weighted by atomic mass is 19.3. The minimum atomic E-state index is -2.41. The van der Waals surface area contributed by atoms with Gasteiger partial charge in [0.05, 0.1) is 5.69 Å². The van der Waals surface area contributed by atoms with Crippen molar-refractivity contribution in [2.45, 2.75) is 12.8 Å². The van der Waals surface area contributed by atoms with Crippen LogP contribution in [0.5, 0.6) is 0 Å². The summed E-state index contributed by atoms with van der Waals surface area (Å²) in [5, 5.41) is 8.84. The van der Waals surface area contributed by atoms with Gasteiger partial charge in [0.2, 0.25) is 6.43 Å². The number of halogens is 2. The van der Waals surface area contributed by atoms with Crippen LogP contribution < -0.4 is 5.73 Å². The van der Waals surface area contributed by atoms with Crippen LogP contribution in [0.15, 0.2) is 36.5 Å². The van der Waals surface area contributed by atoms with Crippen LogP contribution in [0.25, 0.3) is 11.1 Å². The fraction of sp³-hybridized carbons (Fsp3) is 0.143. The van der Waals surface area contributed by atoms with Crippen molar-refractivity contribution in [2.24, 2.45) is 0 Å². The zero-order chi connectivity index (χ0) is 14.7. The van der Waals surface area contributed by atoms with Gasteiger partial charge in [-0.25, -0.2) is 18.6 Å². The van der Waals surface area contributed by atoms with Crippen LogP contribution in [0.4, 0.5) is 14.5 Å². The second-order valence-electron chi connectivity index (χ2n) is 4.26. The standard InChI is InChI=1S/C14H12F2N2O2/c15-12(16)5-8-2-1-3-9(4-8)10-6-11(17)13(14(19)20)18-7-10/h1-4,6-7,12H,5,17H2,(H,19,20). The Balaban J connectivity index is 2.36. The van der Waals surface area contributed by atoms with E-state index in [9.17, 15) is 13.6 Å². The smallest absolute Gasteiger partial charge is 0.356 e. The Hall–Kier alpha value is -2.50. The summed E-state index contributed by atoms with van der Waals surface area (Å²) in [6.45, 7) is 0. The maximum absolute atomic E-state index is 12.4. The molecule has 1 heterocycles. The number of carbonyl (C=O) groups is 1. The van der Waals surface area contributed by atoms with E-state index in [1.807, 2.05) is 0 Å². The summed E-state index contributed by atoms with van der Waals surface area (Å²) in [4.78, 5) is 14.6. The van der Waals surface area contributed by atoms with Crippen LogP contribution in [-0.2, 0) is 6.42 Å². The molecule has 0 aliphatic rings. The Bertz CT molecular complexity index is 645. The first-order chi connectivity index (χ1) is 9.47. The maximum Gasteiger partial charge on any atom is 0.356 e. The van der Waals surface area contributed by atoms with Crippen molar-refractivity contribution in [3.63, 3.8) is 0 Å². The predicted molar refractivity (Wildman–Crippen MR) is 70.8 cm³/mol. The summed E-state index contributed by atoms with van der Waals surface area (Å²) in [5.74, 6) is -1.21. The molecule has 0 saturated carbocycles. The molecule has 0 radical (unpaired) electrons. The van der Waals surface area contributed by atoms with Gasteiger partial charge in [-0.2, -0.15) is 0 Å². The fourth-order valence-electron chi connectivity index (χ4n) is 1.87. The molecule has 20 heavy (non-hydrogen) atoms. The van der Waals surface area contributed by atoms with E-state index in [1.165, 1.54) is 12.3 Å². The molecule has 0 saturated heterocycles. The molecule has 1 aromatic carbocycles. The van der Waals surface area contributed by atoms with Gasteiger partial charge in [0.1, 0.15) is 0 Å². The summed E-state index contributed by atoms with van der Waals surface area (Å²) >= 11 is 0. The molecule has 0 aliphatic carbocycles. The van der Waals surface area contributed by atoms with E-state index in [-0.39, 0.29) is 17.8 Å². The number of carboxylic acids is 1. The maximum atomic E-state index is 12.4. The van der Waals surface area contributed by atoms with Crippen molar-refractivity contribution in [3.05, 3.63) is 47.8 Å². The SMILES string of the molecule is Nc1cc(-c2cccc(CC(F)F)c2)cnc1C(=O)O.